The monoisotopic (exact) mass is 532 g/mol. The van der Waals surface area contributed by atoms with Gasteiger partial charge >= 0.3 is 6.03 Å². The number of amidine groups is 1. The molecule has 4 bridgehead atoms. The van der Waals surface area contributed by atoms with E-state index in [0.717, 1.165) is 27.1 Å². The zero-order valence-corrected chi connectivity index (χ0v) is 22.2. The fourth-order valence-electron chi connectivity index (χ4n) is 3.97. The molecule has 2 aliphatic heterocycles. The van der Waals surface area contributed by atoms with Crippen LogP contribution in [0.15, 0.2) is 81.9 Å². The SMILES string of the molecule is CN1[N]C(c2cc3ccc4cc(C5=CSC(c6scc[s+]6)S5)cc(ccc(c2)c3)c4)=NN(C)C1=O. The van der Waals surface area contributed by atoms with E-state index in [9.17, 15) is 4.79 Å². The molecule has 9 heteroatoms. The summed E-state index contributed by atoms with van der Waals surface area (Å²) in [5.74, 6) is 0.515. The van der Waals surface area contributed by atoms with Crippen molar-refractivity contribution in [2.45, 2.75) is 4.58 Å². The first kappa shape index (κ1) is 22.6. The second-order valence-electron chi connectivity index (χ2n) is 8.19. The highest BCUT2D eigenvalue weighted by Gasteiger charge is 2.29. The fourth-order valence-corrected chi connectivity index (χ4v) is 8.91. The number of carbonyl (C=O) groups is 1. The van der Waals surface area contributed by atoms with Crippen LogP contribution in [-0.2, 0) is 0 Å². The molecule has 3 heterocycles. The Morgan fingerprint density at radius 3 is 2.06 bits per heavy atom. The lowest BCUT2D eigenvalue weighted by Gasteiger charge is -2.26. The van der Waals surface area contributed by atoms with Crippen LogP contribution in [0.1, 0.15) is 19.9 Å². The number of hydrogen-bond acceptors (Lipinski definition) is 5. The standard InChI is InChI=1S/C26H20N4OS4/c1-29-26(31)30(2)28-23(27-29)21-13-18-5-3-16-9-17(4-6-19(10-18)14-21)12-20(11-16)22-15-34-25(35-22)24-32-7-8-33-24/h3-15,25H,1-2H3/q+1. The minimum atomic E-state index is -0.259. The minimum Gasteiger partial charge on any atom is -0.244 e. The molecule has 0 N–H and O–H groups in total. The van der Waals surface area contributed by atoms with Gasteiger partial charge in [-0.15, -0.1) is 22.3 Å². The molecular weight excluding hydrogens is 513 g/mol. The molecule has 0 aliphatic carbocycles. The van der Waals surface area contributed by atoms with Crippen LogP contribution < -0.4 is 5.43 Å². The van der Waals surface area contributed by atoms with Gasteiger partial charge in [-0.1, -0.05) is 36.0 Å². The summed E-state index contributed by atoms with van der Waals surface area (Å²) >= 11 is 7.51. The molecule has 4 aromatic rings. The van der Waals surface area contributed by atoms with E-state index in [1.54, 1.807) is 14.1 Å². The van der Waals surface area contributed by atoms with Crippen LogP contribution in [0.3, 0.4) is 0 Å². The van der Waals surface area contributed by atoms with Gasteiger partial charge in [0, 0.05) is 24.6 Å². The first-order valence-corrected chi connectivity index (χ1v) is 14.5. The third kappa shape index (κ3) is 4.69. The average Bonchev–Trinajstić information content (AvgIpc) is 3.56. The van der Waals surface area contributed by atoms with E-state index in [2.05, 4.69) is 87.4 Å². The summed E-state index contributed by atoms with van der Waals surface area (Å²) in [6.07, 6.45) is 0. The maximum Gasteiger partial charge on any atom is 0.360 e. The summed E-state index contributed by atoms with van der Waals surface area (Å²) in [7, 11) is 3.28. The summed E-state index contributed by atoms with van der Waals surface area (Å²) in [6, 6.07) is 21.3. The molecule has 2 aliphatic rings. The molecule has 1 atom stereocenters. The smallest absolute Gasteiger partial charge is 0.244 e. The number of urea groups is 1. The van der Waals surface area contributed by atoms with Crippen LogP contribution in [0.2, 0.25) is 0 Å². The largest absolute Gasteiger partial charge is 0.360 e. The lowest BCUT2D eigenvalue weighted by molar-refractivity contribution is 0.155. The Bertz CT molecular complexity index is 1490. The van der Waals surface area contributed by atoms with Crippen LogP contribution in [0.25, 0.3) is 26.5 Å². The number of carbonyl (C=O) groups excluding carboxylic acids is 1. The molecular formula is C26H20N4OS4+. The van der Waals surface area contributed by atoms with Crippen molar-refractivity contribution in [3.8, 4) is 0 Å². The second-order valence-corrected chi connectivity index (χ2v) is 12.8. The Morgan fingerprint density at radius 2 is 1.49 bits per heavy atom. The number of rotatable bonds is 3. The molecule has 2 amide bonds. The number of hydrazone groups is 1. The van der Waals surface area contributed by atoms with Gasteiger partial charge in [-0.25, -0.2) is 14.8 Å². The van der Waals surface area contributed by atoms with Gasteiger partial charge < -0.3 is 0 Å². The zero-order chi connectivity index (χ0) is 23.9. The summed E-state index contributed by atoms with van der Waals surface area (Å²) in [5.41, 5.74) is 6.48. The number of nitrogens with zero attached hydrogens (tertiary/aromatic N) is 4. The van der Waals surface area contributed by atoms with Gasteiger partial charge in [-0.05, 0) is 68.9 Å². The molecule has 173 valence electrons. The van der Waals surface area contributed by atoms with Gasteiger partial charge in [0.1, 0.15) is 15.3 Å². The highest BCUT2D eigenvalue weighted by molar-refractivity contribution is 8.25. The van der Waals surface area contributed by atoms with Crippen LogP contribution >= 0.6 is 46.2 Å². The van der Waals surface area contributed by atoms with E-state index in [-0.39, 0.29) is 6.03 Å². The topological polar surface area (TPSA) is 50.0 Å². The van der Waals surface area contributed by atoms with Crippen LogP contribution in [0.5, 0.6) is 0 Å². The number of fused-ring (bicyclic) bond motifs is 4. The highest BCUT2D eigenvalue weighted by atomic mass is 32.2. The Balaban J connectivity index is 1.39. The third-order valence-corrected chi connectivity index (χ3v) is 11.1. The Labute approximate surface area is 219 Å². The predicted octanol–water partition coefficient (Wildman–Crippen LogP) is 7.61. The van der Waals surface area contributed by atoms with Crippen molar-refractivity contribution in [2.75, 3.05) is 14.1 Å². The molecule has 0 spiro atoms. The Kier molecular flexibility index (Phi) is 6.01. The van der Waals surface area contributed by atoms with E-state index in [1.807, 2.05) is 46.2 Å². The van der Waals surface area contributed by atoms with Crippen molar-refractivity contribution in [1.82, 2.24) is 15.4 Å². The maximum absolute atomic E-state index is 12.0. The van der Waals surface area contributed by atoms with E-state index in [1.165, 1.54) is 24.7 Å². The molecule has 1 radical (unpaired) electrons. The summed E-state index contributed by atoms with van der Waals surface area (Å²) in [6.45, 7) is 0. The third-order valence-electron chi connectivity index (χ3n) is 5.63. The number of benzene rings is 2. The maximum atomic E-state index is 12.0. The summed E-state index contributed by atoms with van der Waals surface area (Å²) in [5, 5.41) is 18.0. The Morgan fingerprint density at radius 1 is 0.857 bits per heavy atom. The van der Waals surface area contributed by atoms with E-state index in [0.29, 0.717) is 10.4 Å². The normalized spacial score (nSPS) is 18.0. The fraction of sp³-hybridized carbons (Fsp3) is 0.115. The molecule has 1 aromatic heterocycles. The van der Waals surface area contributed by atoms with Gasteiger partial charge in [0.05, 0.1) is 22.7 Å². The predicted molar refractivity (Wildman–Crippen MR) is 152 cm³/mol. The van der Waals surface area contributed by atoms with Gasteiger partial charge in [-0.3, -0.25) is 0 Å². The van der Waals surface area contributed by atoms with E-state index >= 15 is 0 Å². The molecule has 0 saturated carbocycles. The van der Waals surface area contributed by atoms with Crippen molar-refractivity contribution in [3.63, 3.8) is 0 Å². The van der Waals surface area contributed by atoms with Gasteiger partial charge in [0.2, 0.25) is 0 Å². The second kappa shape index (κ2) is 9.31. The van der Waals surface area contributed by atoms with Gasteiger partial charge in [0.15, 0.2) is 5.84 Å². The van der Waals surface area contributed by atoms with Gasteiger partial charge in [-0.2, -0.15) is 0 Å². The summed E-state index contributed by atoms with van der Waals surface area (Å²) in [4.78, 5) is 13.3. The highest BCUT2D eigenvalue weighted by Crippen LogP contribution is 2.56. The van der Waals surface area contributed by atoms with Crippen LogP contribution in [-0.4, -0.2) is 36.0 Å². The minimum absolute atomic E-state index is 0.259. The quantitative estimate of drug-likeness (QED) is 0.255. The molecule has 0 saturated heterocycles. The molecule has 3 aromatic carbocycles. The molecule has 35 heavy (non-hydrogen) atoms. The van der Waals surface area contributed by atoms with Crippen molar-refractivity contribution in [3.05, 3.63) is 92.1 Å². The van der Waals surface area contributed by atoms with Crippen LogP contribution in [0, 0.1) is 0 Å². The van der Waals surface area contributed by atoms with Crippen molar-refractivity contribution < 1.29 is 4.79 Å². The molecule has 6 rings (SSSR count). The molecule has 0 fully saturated rings. The number of hydrogen-bond donors (Lipinski definition) is 0. The van der Waals surface area contributed by atoms with Crippen molar-refractivity contribution in [1.29, 1.82) is 0 Å². The zero-order valence-electron chi connectivity index (χ0n) is 18.9. The molecule has 1 unspecified atom stereocenters. The first-order chi connectivity index (χ1) is 17.0. The lowest BCUT2D eigenvalue weighted by atomic mass is 10.1. The van der Waals surface area contributed by atoms with Crippen molar-refractivity contribution in [2.24, 2.45) is 5.10 Å². The molecule has 5 nitrogen and oxygen atoms in total. The first-order valence-electron chi connectivity index (χ1n) is 10.9. The van der Waals surface area contributed by atoms with E-state index < -0.39 is 0 Å². The average molecular weight is 533 g/mol. The Hall–Kier alpha value is -2.85. The van der Waals surface area contributed by atoms with Gasteiger partial charge in [0.25, 0.3) is 4.19 Å². The number of thioether (sulfide) groups is 2. The number of amides is 2. The summed E-state index contributed by atoms with van der Waals surface area (Å²) < 4.78 is 1.90. The van der Waals surface area contributed by atoms with Crippen molar-refractivity contribution >= 4 is 84.5 Å². The van der Waals surface area contributed by atoms with Crippen LogP contribution in [0.4, 0.5) is 4.79 Å². The lowest BCUT2D eigenvalue weighted by Crippen LogP contribution is -2.48. The van der Waals surface area contributed by atoms with E-state index in [4.69, 9.17) is 0 Å².